The monoisotopic (exact) mass is 467 g/mol. The van der Waals surface area contributed by atoms with E-state index in [-0.39, 0.29) is 18.1 Å². The number of benzene rings is 1. The van der Waals surface area contributed by atoms with Gasteiger partial charge in [-0.25, -0.2) is 9.78 Å². The number of Topliss-reactive ketones (excluding diaryl/α,β-unsaturated/α-hetero) is 1. The Hall–Kier alpha value is -3.49. The van der Waals surface area contributed by atoms with Gasteiger partial charge in [0.05, 0.1) is 5.69 Å². The fourth-order valence-electron chi connectivity index (χ4n) is 4.03. The molecular weight excluding hydrogens is 434 g/mol. The molecule has 3 rings (SSSR count). The number of aryl methyl sites for hydroxylation is 3. The normalized spacial score (nSPS) is 11.1. The lowest BCUT2D eigenvalue weighted by atomic mass is 10.1. The number of aromatic nitrogens is 4. The molecule has 0 radical (unpaired) electrons. The van der Waals surface area contributed by atoms with Crippen molar-refractivity contribution >= 4 is 28.5 Å². The number of carbonyl (C=O) groups is 2. The molecule has 34 heavy (non-hydrogen) atoms. The number of carbonyl (C=O) groups excluding carboxylic acids is 2. The van der Waals surface area contributed by atoms with Crippen LogP contribution in [-0.4, -0.2) is 30.8 Å². The van der Waals surface area contributed by atoms with Crippen LogP contribution in [0.2, 0.25) is 0 Å². The second-order valence-corrected chi connectivity index (χ2v) is 8.47. The fourth-order valence-corrected chi connectivity index (χ4v) is 4.03. The van der Waals surface area contributed by atoms with E-state index in [9.17, 15) is 19.2 Å². The standard InChI is InChI=1S/C25H33N5O4/c1-4-6-10-16-29-20(13-14-21(32)26-19-12-9-8-11-18(19)17(3)31)27-23-22(29)24(33)28-25(34)30(23)15-7-5-2/h8-9,11-12H,4-7,10,13-16H2,1-3H3,(H,26,32)(H,28,33,34). The average molecular weight is 468 g/mol. The van der Waals surface area contributed by atoms with E-state index in [0.717, 1.165) is 32.1 Å². The van der Waals surface area contributed by atoms with Gasteiger partial charge in [0.25, 0.3) is 5.56 Å². The molecule has 3 aromatic rings. The van der Waals surface area contributed by atoms with Gasteiger partial charge in [0.2, 0.25) is 5.91 Å². The quantitative estimate of drug-likeness (QED) is 0.311. The van der Waals surface area contributed by atoms with Crippen LogP contribution in [-0.2, 0) is 24.3 Å². The zero-order valence-corrected chi connectivity index (χ0v) is 20.1. The first kappa shape index (κ1) is 25.1. The zero-order chi connectivity index (χ0) is 24.7. The number of ketones is 1. The molecule has 0 atom stereocenters. The maximum absolute atomic E-state index is 12.7. The smallest absolute Gasteiger partial charge is 0.325 e. The van der Waals surface area contributed by atoms with E-state index in [1.807, 2.05) is 11.5 Å². The van der Waals surface area contributed by atoms with E-state index in [1.165, 1.54) is 11.5 Å². The third-order valence-corrected chi connectivity index (χ3v) is 5.84. The molecule has 0 fully saturated rings. The summed E-state index contributed by atoms with van der Waals surface area (Å²) < 4.78 is 3.37. The van der Waals surface area contributed by atoms with Crippen molar-refractivity contribution in [3.8, 4) is 0 Å². The van der Waals surface area contributed by atoms with Gasteiger partial charge < -0.3 is 9.88 Å². The number of amides is 1. The molecule has 2 aromatic heterocycles. The maximum atomic E-state index is 12.7. The number of hydrogen-bond donors (Lipinski definition) is 2. The Bertz CT molecular complexity index is 1280. The van der Waals surface area contributed by atoms with E-state index in [2.05, 4.69) is 22.2 Å². The van der Waals surface area contributed by atoms with Crippen molar-refractivity contribution in [1.82, 2.24) is 19.1 Å². The minimum Gasteiger partial charge on any atom is -0.325 e. The summed E-state index contributed by atoms with van der Waals surface area (Å²) >= 11 is 0. The van der Waals surface area contributed by atoms with Gasteiger partial charge in [0.15, 0.2) is 16.9 Å². The summed E-state index contributed by atoms with van der Waals surface area (Å²) in [6.07, 6.45) is 5.00. The summed E-state index contributed by atoms with van der Waals surface area (Å²) in [5, 5.41) is 2.81. The minimum atomic E-state index is -0.464. The van der Waals surface area contributed by atoms with E-state index in [4.69, 9.17) is 0 Å². The molecule has 1 amide bonds. The van der Waals surface area contributed by atoms with Crippen LogP contribution in [0.1, 0.15) is 75.5 Å². The van der Waals surface area contributed by atoms with Crippen LogP contribution in [0, 0.1) is 0 Å². The Kier molecular flexibility index (Phi) is 8.56. The number of unbranched alkanes of at least 4 members (excludes halogenated alkanes) is 3. The van der Waals surface area contributed by atoms with Crippen molar-refractivity contribution < 1.29 is 9.59 Å². The van der Waals surface area contributed by atoms with E-state index >= 15 is 0 Å². The molecule has 0 aliphatic rings. The second-order valence-electron chi connectivity index (χ2n) is 8.47. The Morgan fingerprint density at radius 1 is 1.00 bits per heavy atom. The number of hydrogen-bond acceptors (Lipinski definition) is 5. The first-order valence-electron chi connectivity index (χ1n) is 12.0. The SMILES string of the molecule is CCCCCn1c(CCC(=O)Nc2ccccc2C(C)=O)nc2c1c(=O)[nH]c(=O)n2CCCC. The number of fused-ring (bicyclic) bond motifs is 1. The van der Waals surface area contributed by atoms with E-state index < -0.39 is 11.2 Å². The van der Waals surface area contributed by atoms with Crippen LogP contribution in [0.15, 0.2) is 33.9 Å². The Balaban J connectivity index is 1.91. The van der Waals surface area contributed by atoms with Gasteiger partial charge in [-0.1, -0.05) is 45.2 Å². The van der Waals surface area contributed by atoms with Gasteiger partial charge in [0, 0.05) is 31.5 Å². The van der Waals surface area contributed by atoms with Gasteiger partial charge in [-0.05, 0) is 31.9 Å². The van der Waals surface area contributed by atoms with Crippen molar-refractivity contribution in [2.75, 3.05) is 5.32 Å². The topological polar surface area (TPSA) is 119 Å². The molecule has 1 aromatic carbocycles. The Morgan fingerprint density at radius 3 is 2.41 bits per heavy atom. The number of para-hydroxylation sites is 1. The third-order valence-electron chi connectivity index (χ3n) is 5.84. The lowest BCUT2D eigenvalue weighted by molar-refractivity contribution is -0.116. The molecule has 2 N–H and O–H groups in total. The van der Waals surface area contributed by atoms with Gasteiger partial charge in [0.1, 0.15) is 5.82 Å². The van der Waals surface area contributed by atoms with E-state index in [1.54, 1.807) is 24.3 Å². The van der Waals surface area contributed by atoms with Gasteiger partial charge in [-0.2, -0.15) is 0 Å². The zero-order valence-electron chi connectivity index (χ0n) is 20.1. The van der Waals surface area contributed by atoms with Crippen LogP contribution in [0.3, 0.4) is 0 Å². The summed E-state index contributed by atoms with van der Waals surface area (Å²) in [6.45, 7) is 6.65. The highest BCUT2D eigenvalue weighted by atomic mass is 16.2. The molecule has 0 saturated carbocycles. The van der Waals surface area contributed by atoms with Crippen molar-refractivity contribution in [3.63, 3.8) is 0 Å². The van der Waals surface area contributed by atoms with Gasteiger partial charge >= 0.3 is 5.69 Å². The maximum Gasteiger partial charge on any atom is 0.330 e. The number of H-pyrrole nitrogens is 1. The van der Waals surface area contributed by atoms with Crippen molar-refractivity contribution in [2.24, 2.45) is 0 Å². The lowest BCUT2D eigenvalue weighted by Gasteiger charge is -2.10. The van der Waals surface area contributed by atoms with Crippen LogP contribution >= 0.6 is 0 Å². The first-order chi connectivity index (χ1) is 16.4. The number of imidazole rings is 1. The van der Waals surface area contributed by atoms with Crippen molar-refractivity contribution in [3.05, 3.63) is 56.5 Å². The fraction of sp³-hybridized carbons (Fsp3) is 0.480. The Morgan fingerprint density at radius 2 is 1.71 bits per heavy atom. The average Bonchev–Trinajstić information content (AvgIpc) is 3.16. The van der Waals surface area contributed by atoms with Crippen LogP contribution in [0.4, 0.5) is 5.69 Å². The predicted molar refractivity (Wildman–Crippen MR) is 132 cm³/mol. The minimum absolute atomic E-state index is 0.125. The summed E-state index contributed by atoms with van der Waals surface area (Å²) in [7, 11) is 0. The number of nitrogens with one attached hydrogen (secondary N) is 2. The first-order valence-corrected chi connectivity index (χ1v) is 12.0. The van der Waals surface area contributed by atoms with Crippen molar-refractivity contribution in [1.29, 1.82) is 0 Å². The number of anilines is 1. The molecule has 0 unspecified atom stereocenters. The molecule has 9 nitrogen and oxygen atoms in total. The summed E-state index contributed by atoms with van der Waals surface area (Å²) in [4.78, 5) is 56.8. The van der Waals surface area contributed by atoms with Crippen LogP contribution in [0.5, 0.6) is 0 Å². The molecule has 9 heteroatoms. The van der Waals surface area contributed by atoms with Crippen LogP contribution in [0.25, 0.3) is 11.2 Å². The molecule has 2 heterocycles. The molecule has 0 spiro atoms. The molecule has 182 valence electrons. The number of nitrogens with zero attached hydrogens (tertiary/aromatic N) is 3. The highest BCUT2D eigenvalue weighted by molar-refractivity contribution is 6.03. The Labute approximate surface area is 198 Å². The predicted octanol–water partition coefficient (Wildman–Crippen LogP) is 3.65. The summed E-state index contributed by atoms with van der Waals surface area (Å²) in [5.41, 5.74) is 0.757. The van der Waals surface area contributed by atoms with Gasteiger partial charge in [-0.3, -0.25) is 23.9 Å². The summed E-state index contributed by atoms with van der Waals surface area (Å²) in [6, 6.07) is 6.88. The third kappa shape index (κ3) is 5.70. The molecular formula is C25H33N5O4. The summed E-state index contributed by atoms with van der Waals surface area (Å²) in [5.74, 6) is 0.221. The molecule has 0 aliphatic heterocycles. The molecule has 0 bridgehead atoms. The van der Waals surface area contributed by atoms with Crippen molar-refractivity contribution in [2.45, 2.75) is 78.8 Å². The number of aromatic amines is 1. The largest absolute Gasteiger partial charge is 0.330 e. The van der Waals surface area contributed by atoms with E-state index in [0.29, 0.717) is 47.7 Å². The van der Waals surface area contributed by atoms with Gasteiger partial charge in [-0.15, -0.1) is 0 Å². The number of rotatable bonds is 12. The lowest BCUT2D eigenvalue weighted by Crippen LogP contribution is -2.31. The highest BCUT2D eigenvalue weighted by Crippen LogP contribution is 2.18. The van der Waals surface area contributed by atoms with Crippen LogP contribution < -0.4 is 16.6 Å². The highest BCUT2D eigenvalue weighted by Gasteiger charge is 2.19. The molecule has 0 saturated heterocycles. The second kappa shape index (κ2) is 11.6. The molecule has 0 aliphatic carbocycles.